The van der Waals surface area contributed by atoms with Gasteiger partial charge in [-0.3, -0.25) is 9.89 Å². The predicted molar refractivity (Wildman–Crippen MR) is 71.8 cm³/mol. The van der Waals surface area contributed by atoms with Crippen LogP contribution in [0.15, 0.2) is 24.3 Å². The normalized spacial score (nSPS) is 10.4. The number of anilines is 1. The third-order valence-corrected chi connectivity index (χ3v) is 2.93. The molecular formula is C12H13FN4OS. The first kappa shape index (κ1) is 13.4. The average Bonchev–Trinajstić information content (AvgIpc) is 2.72. The molecular weight excluding hydrogens is 267 g/mol. The van der Waals surface area contributed by atoms with Gasteiger partial charge in [0.1, 0.15) is 11.6 Å². The van der Waals surface area contributed by atoms with Gasteiger partial charge >= 0.3 is 0 Å². The van der Waals surface area contributed by atoms with Crippen molar-refractivity contribution in [3.8, 4) is 0 Å². The number of rotatable bonds is 4. The minimum Gasteiger partial charge on any atom is -0.323 e. The van der Waals surface area contributed by atoms with Gasteiger partial charge in [-0.15, -0.1) is 0 Å². The van der Waals surface area contributed by atoms with Crippen LogP contribution >= 0.6 is 12.2 Å². The van der Waals surface area contributed by atoms with E-state index in [-0.39, 0.29) is 18.0 Å². The molecule has 0 aliphatic rings. The van der Waals surface area contributed by atoms with Crippen molar-refractivity contribution in [3.05, 3.63) is 40.7 Å². The zero-order valence-electron chi connectivity index (χ0n) is 10.3. The van der Waals surface area contributed by atoms with Crippen LogP contribution in [0.3, 0.4) is 0 Å². The molecule has 5 nitrogen and oxygen atoms in total. The maximum atomic E-state index is 13.4. The molecule has 2 aromatic rings. The van der Waals surface area contributed by atoms with E-state index in [0.717, 1.165) is 0 Å². The highest BCUT2D eigenvalue weighted by Gasteiger charge is 2.11. The van der Waals surface area contributed by atoms with E-state index in [1.165, 1.54) is 12.1 Å². The molecule has 0 atom stereocenters. The van der Waals surface area contributed by atoms with Gasteiger partial charge in [0, 0.05) is 6.54 Å². The monoisotopic (exact) mass is 280 g/mol. The first-order valence-electron chi connectivity index (χ1n) is 5.80. The molecule has 19 heavy (non-hydrogen) atoms. The Balaban J connectivity index is 2.10. The molecule has 0 saturated heterocycles. The second kappa shape index (κ2) is 5.75. The number of aromatic amines is 1. The number of carbonyl (C=O) groups excluding carboxylic acids is 1. The number of halogens is 1. The quantitative estimate of drug-likeness (QED) is 0.845. The lowest BCUT2D eigenvalue weighted by Gasteiger charge is -2.06. The highest BCUT2D eigenvalue weighted by molar-refractivity contribution is 7.71. The van der Waals surface area contributed by atoms with E-state index in [9.17, 15) is 9.18 Å². The van der Waals surface area contributed by atoms with Crippen molar-refractivity contribution in [1.82, 2.24) is 14.8 Å². The number of aromatic nitrogens is 3. The van der Waals surface area contributed by atoms with Gasteiger partial charge < -0.3 is 9.88 Å². The molecule has 0 unspecified atom stereocenters. The van der Waals surface area contributed by atoms with Crippen molar-refractivity contribution in [2.75, 3.05) is 5.32 Å². The smallest absolute Gasteiger partial charge is 0.232 e. The maximum Gasteiger partial charge on any atom is 0.232 e. The Labute approximate surface area is 114 Å². The number of amides is 1. The molecule has 1 amide bonds. The lowest BCUT2D eigenvalue weighted by molar-refractivity contribution is -0.115. The molecule has 7 heteroatoms. The van der Waals surface area contributed by atoms with E-state index in [4.69, 9.17) is 12.2 Å². The highest BCUT2D eigenvalue weighted by Crippen LogP contribution is 2.12. The summed E-state index contributed by atoms with van der Waals surface area (Å²) in [5, 5.41) is 9.12. The highest BCUT2D eigenvalue weighted by atomic mass is 32.1. The Bertz CT molecular complexity index is 649. The summed E-state index contributed by atoms with van der Waals surface area (Å²) in [5.74, 6) is -0.277. The van der Waals surface area contributed by atoms with Crippen LogP contribution in [0.2, 0.25) is 0 Å². The molecule has 0 fully saturated rings. The maximum absolute atomic E-state index is 13.4. The summed E-state index contributed by atoms with van der Waals surface area (Å²) in [6.45, 7) is 2.53. The first-order valence-corrected chi connectivity index (χ1v) is 6.21. The van der Waals surface area contributed by atoms with Crippen molar-refractivity contribution >= 4 is 23.8 Å². The van der Waals surface area contributed by atoms with Crippen LogP contribution in [-0.2, 0) is 17.8 Å². The molecule has 1 heterocycles. The third-order valence-electron chi connectivity index (χ3n) is 2.62. The van der Waals surface area contributed by atoms with Gasteiger partial charge in [0.25, 0.3) is 0 Å². The Morgan fingerprint density at radius 3 is 2.95 bits per heavy atom. The molecule has 0 saturated carbocycles. The SMILES string of the molecule is CCn1c(CC(=O)Nc2ccccc2F)n[nH]c1=S. The van der Waals surface area contributed by atoms with Gasteiger partial charge in [-0.1, -0.05) is 12.1 Å². The van der Waals surface area contributed by atoms with Crippen molar-refractivity contribution in [1.29, 1.82) is 0 Å². The van der Waals surface area contributed by atoms with E-state index in [1.54, 1.807) is 16.7 Å². The van der Waals surface area contributed by atoms with Crippen molar-refractivity contribution in [3.63, 3.8) is 0 Å². The van der Waals surface area contributed by atoms with Gasteiger partial charge in [0.2, 0.25) is 5.91 Å². The van der Waals surface area contributed by atoms with Gasteiger partial charge in [-0.25, -0.2) is 4.39 Å². The van der Waals surface area contributed by atoms with Crippen molar-refractivity contribution in [2.45, 2.75) is 19.9 Å². The summed E-state index contributed by atoms with van der Waals surface area (Å²) in [7, 11) is 0. The number of para-hydroxylation sites is 1. The van der Waals surface area contributed by atoms with Crippen LogP contribution in [0.1, 0.15) is 12.7 Å². The number of hydrogen-bond donors (Lipinski definition) is 2. The molecule has 2 N–H and O–H groups in total. The molecule has 0 bridgehead atoms. The topological polar surface area (TPSA) is 62.7 Å². The van der Waals surface area contributed by atoms with Crippen LogP contribution < -0.4 is 5.32 Å². The van der Waals surface area contributed by atoms with E-state index >= 15 is 0 Å². The van der Waals surface area contributed by atoms with E-state index in [1.807, 2.05) is 6.92 Å². The summed E-state index contributed by atoms with van der Waals surface area (Å²) in [6.07, 6.45) is 0.0370. The largest absolute Gasteiger partial charge is 0.323 e. The van der Waals surface area contributed by atoms with Crippen LogP contribution in [0.25, 0.3) is 0 Å². The molecule has 2 rings (SSSR count). The lowest BCUT2D eigenvalue weighted by atomic mass is 10.3. The summed E-state index contributed by atoms with van der Waals surface area (Å²) < 4.78 is 15.6. The third kappa shape index (κ3) is 3.05. The number of carbonyl (C=O) groups is 1. The van der Waals surface area contributed by atoms with E-state index in [0.29, 0.717) is 17.1 Å². The Hall–Kier alpha value is -2.02. The van der Waals surface area contributed by atoms with Gasteiger partial charge in [0.15, 0.2) is 4.77 Å². The average molecular weight is 280 g/mol. The number of nitrogens with one attached hydrogen (secondary N) is 2. The van der Waals surface area contributed by atoms with Crippen LogP contribution in [0.5, 0.6) is 0 Å². The molecule has 1 aromatic heterocycles. The minimum atomic E-state index is -0.467. The molecule has 0 spiro atoms. The van der Waals surface area contributed by atoms with E-state index < -0.39 is 5.82 Å². The van der Waals surface area contributed by atoms with Crippen LogP contribution in [0.4, 0.5) is 10.1 Å². The summed E-state index contributed by atoms with van der Waals surface area (Å²) in [4.78, 5) is 11.8. The second-order valence-corrected chi connectivity index (χ2v) is 4.28. The van der Waals surface area contributed by atoms with Crippen LogP contribution in [0, 0.1) is 10.6 Å². The van der Waals surface area contributed by atoms with Crippen LogP contribution in [-0.4, -0.2) is 20.7 Å². The van der Waals surface area contributed by atoms with Gasteiger partial charge in [0.05, 0.1) is 12.1 Å². The summed E-state index contributed by atoms with van der Waals surface area (Å²) in [5.41, 5.74) is 0.157. The first-order chi connectivity index (χ1) is 9.11. The zero-order chi connectivity index (χ0) is 13.8. The minimum absolute atomic E-state index is 0.0370. The number of benzene rings is 1. The molecule has 0 aliphatic carbocycles. The second-order valence-electron chi connectivity index (χ2n) is 3.89. The Morgan fingerprint density at radius 2 is 2.26 bits per heavy atom. The fourth-order valence-corrected chi connectivity index (χ4v) is 1.99. The van der Waals surface area contributed by atoms with Crippen molar-refractivity contribution in [2.24, 2.45) is 0 Å². The Morgan fingerprint density at radius 1 is 1.53 bits per heavy atom. The molecule has 1 aromatic carbocycles. The van der Waals surface area contributed by atoms with Crippen molar-refractivity contribution < 1.29 is 9.18 Å². The number of nitrogens with zero attached hydrogens (tertiary/aromatic N) is 2. The van der Waals surface area contributed by atoms with E-state index in [2.05, 4.69) is 15.5 Å². The molecule has 0 radical (unpaired) electrons. The van der Waals surface area contributed by atoms with Gasteiger partial charge in [-0.2, -0.15) is 5.10 Å². The van der Waals surface area contributed by atoms with Gasteiger partial charge in [-0.05, 0) is 31.3 Å². The summed E-state index contributed by atoms with van der Waals surface area (Å²) in [6, 6.07) is 6.01. The summed E-state index contributed by atoms with van der Waals surface area (Å²) >= 11 is 5.03. The standard InChI is InChI=1S/C12H13FN4OS/c1-2-17-10(15-16-12(17)19)7-11(18)14-9-6-4-3-5-8(9)13/h3-6H,2,7H2,1H3,(H,14,18)(H,16,19). The Kier molecular flexibility index (Phi) is 4.06. The number of hydrogen-bond acceptors (Lipinski definition) is 3. The predicted octanol–water partition coefficient (Wildman–Crippen LogP) is 2.28. The fourth-order valence-electron chi connectivity index (χ4n) is 1.71. The molecule has 0 aliphatic heterocycles. The number of H-pyrrole nitrogens is 1. The molecule has 100 valence electrons. The fraction of sp³-hybridized carbons (Fsp3) is 0.250. The zero-order valence-corrected chi connectivity index (χ0v) is 11.1. The lowest BCUT2D eigenvalue weighted by Crippen LogP contribution is -2.18.